The van der Waals surface area contributed by atoms with Gasteiger partial charge in [0.05, 0.1) is 18.2 Å². The molecule has 8 heteroatoms. The van der Waals surface area contributed by atoms with Crippen molar-refractivity contribution in [1.29, 1.82) is 0 Å². The SMILES string of the molecule is O=C(O)C[C@H](NC(=O)OCC1c2ccccc2-c2ccccc21)c1csnn1. The summed E-state index contributed by atoms with van der Waals surface area (Å²) in [4.78, 5) is 23.4. The monoisotopic (exact) mass is 395 g/mol. The van der Waals surface area contributed by atoms with Crippen molar-refractivity contribution in [1.82, 2.24) is 14.9 Å². The van der Waals surface area contributed by atoms with E-state index < -0.39 is 18.1 Å². The maximum atomic E-state index is 12.3. The number of nitrogens with one attached hydrogen (secondary N) is 1. The number of aliphatic carboxylic acids is 1. The van der Waals surface area contributed by atoms with Gasteiger partial charge in [-0.25, -0.2) is 4.79 Å². The van der Waals surface area contributed by atoms with E-state index in [0.29, 0.717) is 5.69 Å². The summed E-state index contributed by atoms with van der Waals surface area (Å²) in [5, 5.41) is 17.1. The van der Waals surface area contributed by atoms with Crippen molar-refractivity contribution < 1.29 is 19.4 Å². The van der Waals surface area contributed by atoms with Gasteiger partial charge >= 0.3 is 12.1 Å². The first-order chi connectivity index (χ1) is 13.6. The number of rotatable bonds is 6. The van der Waals surface area contributed by atoms with E-state index in [1.54, 1.807) is 5.38 Å². The summed E-state index contributed by atoms with van der Waals surface area (Å²) in [6, 6.07) is 15.3. The number of hydrogen-bond acceptors (Lipinski definition) is 6. The van der Waals surface area contributed by atoms with Crippen molar-refractivity contribution in [3.8, 4) is 11.1 Å². The molecule has 1 atom stereocenters. The quantitative estimate of drug-likeness (QED) is 0.661. The van der Waals surface area contributed by atoms with E-state index in [1.165, 1.54) is 0 Å². The third-order valence-corrected chi connectivity index (χ3v) is 5.27. The summed E-state index contributed by atoms with van der Waals surface area (Å²) in [6.45, 7) is 0.162. The van der Waals surface area contributed by atoms with E-state index in [9.17, 15) is 9.59 Å². The highest BCUT2D eigenvalue weighted by atomic mass is 32.1. The van der Waals surface area contributed by atoms with Gasteiger partial charge in [-0.3, -0.25) is 4.79 Å². The topological polar surface area (TPSA) is 101 Å². The normalized spacial score (nSPS) is 13.4. The summed E-state index contributed by atoms with van der Waals surface area (Å²) in [6.07, 6.45) is -0.976. The smallest absolute Gasteiger partial charge is 0.407 e. The molecule has 0 saturated heterocycles. The number of carboxylic acids is 1. The predicted molar refractivity (Wildman–Crippen MR) is 103 cm³/mol. The molecule has 1 aliphatic rings. The molecule has 4 rings (SSSR count). The van der Waals surface area contributed by atoms with E-state index in [4.69, 9.17) is 9.84 Å². The van der Waals surface area contributed by atoms with Gasteiger partial charge in [0.2, 0.25) is 0 Å². The molecule has 1 aliphatic carbocycles. The fourth-order valence-electron chi connectivity index (χ4n) is 3.51. The summed E-state index contributed by atoms with van der Waals surface area (Å²) in [7, 11) is 0. The van der Waals surface area contributed by atoms with Gasteiger partial charge in [0.25, 0.3) is 0 Å². The molecule has 0 saturated carbocycles. The van der Waals surface area contributed by atoms with Gasteiger partial charge in [-0.1, -0.05) is 53.0 Å². The predicted octanol–water partition coefficient (Wildman–Crippen LogP) is 3.59. The van der Waals surface area contributed by atoms with E-state index in [0.717, 1.165) is 33.8 Å². The molecule has 0 aliphatic heterocycles. The lowest BCUT2D eigenvalue weighted by Gasteiger charge is -2.17. The average Bonchev–Trinajstić information content (AvgIpc) is 3.32. The molecule has 0 radical (unpaired) electrons. The van der Waals surface area contributed by atoms with Gasteiger partial charge in [-0.15, -0.1) is 5.10 Å². The van der Waals surface area contributed by atoms with Crippen LogP contribution in [-0.4, -0.2) is 33.4 Å². The zero-order valence-corrected chi connectivity index (χ0v) is 15.6. The third kappa shape index (κ3) is 3.59. The summed E-state index contributed by atoms with van der Waals surface area (Å²) in [5.41, 5.74) is 4.92. The Labute approximate surface area is 165 Å². The van der Waals surface area contributed by atoms with Crippen molar-refractivity contribution in [2.45, 2.75) is 18.4 Å². The largest absolute Gasteiger partial charge is 0.481 e. The van der Waals surface area contributed by atoms with Crippen LogP contribution in [0.15, 0.2) is 53.9 Å². The van der Waals surface area contributed by atoms with E-state index in [1.807, 2.05) is 36.4 Å². The first kappa shape index (κ1) is 18.1. The molecular formula is C20H17N3O4S. The number of carboxylic acid groups (broad SMARTS) is 1. The van der Waals surface area contributed by atoms with Crippen molar-refractivity contribution in [2.24, 2.45) is 0 Å². The molecule has 2 N–H and O–H groups in total. The second-order valence-electron chi connectivity index (χ2n) is 6.45. The Morgan fingerprint density at radius 1 is 1.11 bits per heavy atom. The lowest BCUT2D eigenvalue weighted by Crippen LogP contribution is -2.32. The van der Waals surface area contributed by atoms with Crippen LogP contribution in [0.2, 0.25) is 0 Å². The van der Waals surface area contributed by atoms with Crippen LogP contribution >= 0.6 is 11.5 Å². The van der Waals surface area contributed by atoms with Gasteiger partial charge in [-0.05, 0) is 33.8 Å². The molecule has 7 nitrogen and oxygen atoms in total. The Bertz CT molecular complexity index is 961. The number of fused-ring (bicyclic) bond motifs is 3. The highest BCUT2D eigenvalue weighted by Gasteiger charge is 2.29. The Hall–Kier alpha value is -3.26. The van der Waals surface area contributed by atoms with Gasteiger partial charge in [0, 0.05) is 11.3 Å². The molecule has 142 valence electrons. The van der Waals surface area contributed by atoms with Gasteiger partial charge < -0.3 is 15.2 Å². The molecule has 0 bridgehead atoms. The molecule has 0 fully saturated rings. The van der Waals surface area contributed by atoms with Crippen LogP contribution in [-0.2, 0) is 9.53 Å². The number of hydrogen-bond donors (Lipinski definition) is 2. The van der Waals surface area contributed by atoms with Crippen LogP contribution in [0.25, 0.3) is 11.1 Å². The molecule has 2 aromatic carbocycles. The van der Waals surface area contributed by atoms with E-state index in [2.05, 4.69) is 27.0 Å². The molecule has 0 spiro atoms. The minimum absolute atomic E-state index is 0.0583. The number of aromatic nitrogens is 2. The number of carbonyl (C=O) groups is 2. The standard InChI is InChI=1S/C20H17N3O4S/c24-19(25)9-17(18-11-28-23-22-18)21-20(26)27-10-16-14-7-3-1-5-12(14)13-6-2-4-8-15(13)16/h1-8,11,16-17H,9-10H2,(H,21,26)(H,24,25)/t17-/m0/s1. The zero-order chi connectivity index (χ0) is 19.5. The first-order valence-electron chi connectivity index (χ1n) is 8.73. The molecule has 3 aromatic rings. The molecule has 1 aromatic heterocycles. The third-order valence-electron chi connectivity index (χ3n) is 4.75. The highest BCUT2D eigenvalue weighted by molar-refractivity contribution is 7.03. The summed E-state index contributed by atoms with van der Waals surface area (Å²) >= 11 is 1.09. The molecular weight excluding hydrogens is 378 g/mol. The van der Waals surface area contributed by atoms with Gasteiger partial charge in [0.1, 0.15) is 6.61 Å². The molecule has 1 heterocycles. The van der Waals surface area contributed by atoms with Gasteiger partial charge in [0.15, 0.2) is 0 Å². The number of nitrogens with zero attached hydrogens (tertiary/aromatic N) is 2. The van der Waals surface area contributed by atoms with Crippen LogP contribution in [0.3, 0.4) is 0 Å². The Balaban J connectivity index is 1.47. The van der Waals surface area contributed by atoms with Crippen molar-refractivity contribution in [3.05, 3.63) is 70.7 Å². The highest BCUT2D eigenvalue weighted by Crippen LogP contribution is 2.44. The Kier molecular flexibility index (Phi) is 5.03. The summed E-state index contributed by atoms with van der Waals surface area (Å²) in [5.74, 6) is -1.10. The maximum Gasteiger partial charge on any atom is 0.407 e. The number of carbonyl (C=O) groups excluding carboxylic acids is 1. The average molecular weight is 395 g/mol. The second-order valence-corrected chi connectivity index (χ2v) is 7.06. The van der Waals surface area contributed by atoms with Crippen molar-refractivity contribution >= 4 is 23.6 Å². The van der Waals surface area contributed by atoms with Crippen LogP contribution < -0.4 is 5.32 Å². The number of amides is 1. The van der Waals surface area contributed by atoms with Gasteiger partial charge in [-0.2, -0.15) is 0 Å². The Morgan fingerprint density at radius 3 is 2.32 bits per heavy atom. The fourth-order valence-corrected chi connectivity index (χ4v) is 4.02. The van der Waals surface area contributed by atoms with Crippen LogP contribution in [0, 0.1) is 0 Å². The Morgan fingerprint density at radius 2 is 1.75 bits per heavy atom. The molecule has 0 unspecified atom stereocenters. The lowest BCUT2D eigenvalue weighted by atomic mass is 9.98. The second kappa shape index (κ2) is 7.77. The van der Waals surface area contributed by atoms with Crippen molar-refractivity contribution in [3.63, 3.8) is 0 Å². The van der Waals surface area contributed by atoms with E-state index in [-0.39, 0.29) is 18.9 Å². The number of alkyl carbamates (subject to hydrolysis) is 1. The lowest BCUT2D eigenvalue weighted by molar-refractivity contribution is -0.137. The maximum absolute atomic E-state index is 12.3. The van der Waals surface area contributed by atoms with Crippen LogP contribution in [0.5, 0.6) is 0 Å². The first-order valence-corrected chi connectivity index (χ1v) is 9.57. The number of ether oxygens (including phenoxy) is 1. The van der Waals surface area contributed by atoms with E-state index >= 15 is 0 Å². The van der Waals surface area contributed by atoms with Crippen molar-refractivity contribution in [2.75, 3.05) is 6.61 Å². The minimum atomic E-state index is -1.04. The summed E-state index contributed by atoms with van der Waals surface area (Å²) < 4.78 is 9.19. The number of benzene rings is 2. The zero-order valence-electron chi connectivity index (χ0n) is 14.7. The van der Waals surface area contributed by atoms with Crippen LogP contribution in [0.4, 0.5) is 4.79 Å². The van der Waals surface area contributed by atoms with Crippen LogP contribution in [0.1, 0.15) is 35.2 Å². The fraction of sp³-hybridized carbons (Fsp3) is 0.200. The molecule has 1 amide bonds. The molecule has 28 heavy (non-hydrogen) atoms. The minimum Gasteiger partial charge on any atom is -0.481 e.